The predicted molar refractivity (Wildman–Crippen MR) is 90.2 cm³/mol. The van der Waals surface area contributed by atoms with Gasteiger partial charge in [-0.25, -0.2) is 0 Å². The molecule has 1 aromatic carbocycles. The van der Waals surface area contributed by atoms with Gasteiger partial charge in [0.15, 0.2) is 0 Å². The molecule has 0 spiro atoms. The van der Waals surface area contributed by atoms with Gasteiger partial charge < -0.3 is 10.2 Å². The van der Waals surface area contributed by atoms with Crippen LogP contribution in [0.2, 0.25) is 0 Å². The zero-order valence-corrected chi connectivity index (χ0v) is 14.0. The van der Waals surface area contributed by atoms with Crippen molar-refractivity contribution in [3.05, 3.63) is 24.3 Å². The van der Waals surface area contributed by atoms with Crippen molar-refractivity contribution in [1.29, 1.82) is 0 Å². The second-order valence-electron chi connectivity index (χ2n) is 5.51. The van der Waals surface area contributed by atoms with E-state index in [4.69, 9.17) is 0 Å². The molecule has 1 aromatic rings. The highest BCUT2D eigenvalue weighted by molar-refractivity contribution is 7.98. The van der Waals surface area contributed by atoms with Crippen LogP contribution < -0.4 is 5.32 Å². The molecule has 0 unspecified atom stereocenters. The van der Waals surface area contributed by atoms with E-state index < -0.39 is 0 Å². The second-order valence-corrected chi connectivity index (χ2v) is 6.36. The highest BCUT2D eigenvalue weighted by Crippen LogP contribution is 2.24. The number of hydrogen-bond acceptors (Lipinski definition) is 4. The first-order chi connectivity index (χ1) is 10.6. The number of hydrogen-bond donors (Lipinski definition) is 1. The summed E-state index contributed by atoms with van der Waals surface area (Å²) in [6.45, 7) is 2.19. The average Bonchev–Trinajstić information content (AvgIpc) is 3.01. The number of nitrogens with zero attached hydrogens (tertiary/aromatic N) is 2. The summed E-state index contributed by atoms with van der Waals surface area (Å²) < 4.78 is 0. The van der Waals surface area contributed by atoms with Gasteiger partial charge >= 0.3 is 0 Å². The van der Waals surface area contributed by atoms with Gasteiger partial charge in [0.2, 0.25) is 11.8 Å². The van der Waals surface area contributed by atoms with Crippen LogP contribution in [0.15, 0.2) is 29.2 Å². The first-order valence-corrected chi connectivity index (χ1v) is 8.72. The Hall–Kier alpha value is -1.53. The van der Waals surface area contributed by atoms with Gasteiger partial charge in [-0.3, -0.25) is 14.5 Å². The number of benzene rings is 1. The van der Waals surface area contributed by atoms with Gasteiger partial charge in [-0.05, 0) is 38.3 Å². The summed E-state index contributed by atoms with van der Waals surface area (Å²) in [7, 11) is 1.80. The number of likely N-dealkylation sites (N-methyl/N-ethyl adjacent to an activating group) is 1. The molecule has 6 heteroatoms. The summed E-state index contributed by atoms with van der Waals surface area (Å²) in [6.07, 6.45) is 4.15. The maximum absolute atomic E-state index is 12.1. The Morgan fingerprint density at radius 2 is 1.91 bits per heavy atom. The summed E-state index contributed by atoms with van der Waals surface area (Å²) in [5, 5.41) is 2.91. The zero-order valence-electron chi connectivity index (χ0n) is 13.2. The van der Waals surface area contributed by atoms with Crippen molar-refractivity contribution < 1.29 is 9.59 Å². The summed E-state index contributed by atoms with van der Waals surface area (Å²) in [5.41, 5.74) is 0.819. The number of carbonyl (C=O) groups is 2. The Labute approximate surface area is 136 Å². The minimum absolute atomic E-state index is 0.0989. The molecular weight excluding hydrogens is 298 g/mol. The number of rotatable bonds is 6. The lowest BCUT2D eigenvalue weighted by Crippen LogP contribution is -2.40. The van der Waals surface area contributed by atoms with E-state index in [0.29, 0.717) is 0 Å². The molecule has 2 rings (SSSR count). The predicted octanol–water partition coefficient (Wildman–Crippen LogP) is 1.90. The van der Waals surface area contributed by atoms with Crippen LogP contribution in [0.5, 0.6) is 0 Å². The van der Waals surface area contributed by atoms with E-state index in [1.807, 2.05) is 35.4 Å². The fraction of sp³-hybridized carbons (Fsp3) is 0.500. The molecule has 0 saturated carbocycles. The van der Waals surface area contributed by atoms with Crippen molar-refractivity contribution in [1.82, 2.24) is 9.80 Å². The Bertz CT molecular complexity index is 530. The van der Waals surface area contributed by atoms with Gasteiger partial charge in [-0.2, -0.15) is 0 Å². The van der Waals surface area contributed by atoms with Crippen molar-refractivity contribution in [2.45, 2.75) is 17.7 Å². The van der Waals surface area contributed by atoms with Crippen molar-refractivity contribution in [2.75, 3.05) is 44.8 Å². The molecule has 1 heterocycles. The van der Waals surface area contributed by atoms with Crippen molar-refractivity contribution in [2.24, 2.45) is 0 Å². The van der Waals surface area contributed by atoms with Gasteiger partial charge in [0.05, 0.1) is 18.8 Å². The second kappa shape index (κ2) is 8.19. The maximum Gasteiger partial charge on any atom is 0.238 e. The van der Waals surface area contributed by atoms with E-state index in [-0.39, 0.29) is 24.9 Å². The molecule has 2 amide bonds. The normalized spacial score (nSPS) is 14.4. The Morgan fingerprint density at radius 1 is 1.23 bits per heavy atom. The van der Waals surface area contributed by atoms with E-state index in [9.17, 15) is 9.59 Å². The standard InChI is InChI=1S/C16H23N3O2S/c1-18(12-16(21)19-9-5-6-10-19)11-15(20)17-13-7-3-4-8-14(13)22-2/h3-4,7-8H,5-6,9-12H2,1-2H3,(H,17,20). The van der Waals surface area contributed by atoms with Gasteiger partial charge in [0.1, 0.15) is 0 Å². The highest BCUT2D eigenvalue weighted by atomic mass is 32.2. The van der Waals surface area contributed by atoms with Gasteiger partial charge in [-0.1, -0.05) is 12.1 Å². The van der Waals surface area contributed by atoms with Crippen molar-refractivity contribution >= 4 is 29.3 Å². The molecule has 0 radical (unpaired) electrons. The van der Waals surface area contributed by atoms with E-state index >= 15 is 0 Å². The average molecular weight is 321 g/mol. The third kappa shape index (κ3) is 4.74. The minimum atomic E-state index is -0.0989. The summed E-state index contributed by atoms with van der Waals surface area (Å²) in [5.74, 6) is 0.00976. The van der Waals surface area contributed by atoms with Gasteiger partial charge in [0.25, 0.3) is 0 Å². The van der Waals surface area contributed by atoms with E-state index in [2.05, 4.69) is 5.32 Å². The third-order valence-corrected chi connectivity index (χ3v) is 4.45. The topological polar surface area (TPSA) is 52.7 Å². The minimum Gasteiger partial charge on any atom is -0.342 e. The third-order valence-electron chi connectivity index (χ3n) is 3.66. The molecule has 120 valence electrons. The first-order valence-electron chi connectivity index (χ1n) is 7.49. The summed E-state index contributed by atoms with van der Waals surface area (Å²) >= 11 is 1.59. The molecular formula is C16H23N3O2S. The van der Waals surface area contributed by atoms with E-state index in [0.717, 1.165) is 36.5 Å². The van der Waals surface area contributed by atoms with Crippen molar-refractivity contribution in [3.8, 4) is 0 Å². The molecule has 0 aliphatic carbocycles. The lowest BCUT2D eigenvalue weighted by molar-refractivity contribution is -0.131. The number of anilines is 1. The number of amides is 2. The smallest absolute Gasteiger partial charge is 0.238 e. The lowest BCUT2D eigenvalue weighted by Gasteiger charge is -2.21. The van der Waals surface area contributed by atoms with Crippen LogP contribution in [0.3, 0.4) is 0 Å². The Morgan fingerprint density at radius 3 is 2.59 bits per heavy atom. The molecule has 1 saturated heterocycles. The monoisotopic (exact) mass is 321 g/mol. The van der Waals surface area contributed by atoms with Crippen LogP contribution in [-0.2, 0) is 9.59 Å². The number of likely N-dealkylation sites (tertiary alicyclic amines) is 1. The number of para-hydroxylation sites is 1. The van der Waals surface area contributed by atoms with Crippen LogP contribution >= 0.6 is 11.8 Å². The van der Waals surface area contributed by atoms with Crippen molar-refractivity contribution in [3.63, 3.8) is 0 Å². The Balaban J connectivity index is 1.82. The SMILES string of the molecule is CSc1ccccc1NC(=O)CN(C)CC(=O)N1CCCC1. The molecule has 1 N–H and O–H groups in total. The fourth-order valence-corrected chi connectivity index (χ4v) is 3.09. The van der Waals surface area contributed by atoms with Gasteiger partial charge in [-0.15, -0.1) is 11.8 Å². The molecule has 0 aromatic heterocycles. The summed E-state index contributed by atoms with van der Waals surface area (Å²) in [6, 6.07) is 7.71. The van der Waals surface area contributed by atoms with Crippen LogP contribution in [0, 0.1) is 0 Å². The molecule has 1 aliphatic heterocycles. The Kier molecular flexibility index (Phi) is 6.27. The maximum atomic E-state index is 12.1. The zero-order chi connectivity index (χ0) is 15.9. The summed E-state index contributed by atoms with van der Waals surface area (Å²) in [4.78, 5) is 28.8. The van der Waals surface area contributed by atoms with Crippen LogP contribution in [0.25, 0.3) is 0 Å². The fourth-order valence-electron chi connectivity index (χ4n) is 2.54. The molecule has 5 nitrogen and oxygen atoms in total. The molecule has 0 bridgehead atoms. The number of carbonyl (C=O) groups excluding carboxylic acids is 2. The van der Waals surface area contributed by atoms with Crippen LogP contribution in [0.1, 0.15) is 12.8 Å². The molecule has 1 aliphatic rings. The van der Waals surface area contributed by atoms with Gasteiger partial charge in [0, 0.05) is 18.0 Å². The number of nitrogens with one attached hydrogen (secondary N) is 1. The highest BCUT2D eigenvalue weighted by Gasteiger charge is 2.20. The lowest BCUT2D eigenvalue weighted by atomic mass is 10.3. The quantitative estimate of drug-likeness (QED) is 0.813. The molecule has 0 atom stereocenters. The van der Waals surface area contributed by atoms with E-state index in [1.54, 1.807) is 23.7 Å². The van der Waals surface area contributed by atoms with Crippen LogP contribution in [0.4, 0.5) is 5.69 Å². The van der Waals surface area contributed by atoms with E-state index in [1.165, 1.54) is 0 Å². The largest absolute Gasteiger partial charge is 0.342 e. The number of thioether (sulfide) groups is 1. The van der Waals surface area contributed by atoms with Crippen LogP contribution in [-0.4, -0.2) is 61.1 Å². The molecule has 1 fully saturated rings. The first kappa shape index (κ1) is 16.8. The molecule has 22 heavy (non-hydrogen) atoms.